The van der Waals surface area contributed by atoms with E-state index in [0.717, 1.165) is 12.1 Å². The molecular formula is C22H26F3N5O4. The number of hydrogen-bond donors (Lipinski definition) is 3. The van der Waals surface area contributed by atoms with Crippen LogP contribution in [0.3, 0.4) is 0 Å². The second-order valence-corrected chi connectivity index (χ2v) is 8.25. The fraction of sp³-hybridized carbons (Fsp3) is 0.364. The summed E-state index contributed by atoms with van der Waals surface area (Å²) in [6.45, 7) is 5.23. The van der Waals surface area contributed by atoms with Crippen LogP contribution in [0.1, 0.15) is 43.1 Å². The van der Waals surface area contributed by atoms with Gasteiger partial charge in [-0.3, -0.25) is 20.4 Å². The summed E-state index contributed by atoms with van der Waals surface area (Å²) in [7, 11) is 1.48. The normalized spacial score (nSPS) is 11.4. The molecule has 0 saturated heterocycles. The van der Waals surface area contributed by atoms with Gasteiger partial charge in [-0.2, -0.15) is 13.2 Å². The molecule has 0 saturated carbocycles. The quantitative estimate of drug-likeness (QED) is 0.540. The fourth-order valence-electron chi connectivity index (χ4n) is 2.52. The van der Waals surface area contributed by atoms with Crippen molar-refractivity contribution in [1.82, 2.24) is 20.7 Å². The van der Waals surface area contributed by atoms with Gasteiger partial charge >= 0.3 is 12.3 Å². The van der Waals surface area contributed by atoms with Gasteiger partial charge in [0.15, 0.2) is 0 Å². The summed E-state index contributed by atoms with van der Waals surface area (Å²) in [4.78, 5) is 41.7. The third-order valence-corrected chi connectivity index (χ3v) is 4.22. The Labute approximate surface area is 194 Å². The number of benzene rings is 1. The standard InChI is InChI=1S/C22H26F3N5O4/c1-21(2,3)34-20(33)30(4)13-11-17(31)28-29-19(32)16-6-5-12-26-18(16)27-15-9-7-14(8-10-15)22(23,24)25/h5-10,12H,11,13H2,1-4H3,(H,26,27)(H,28,31)(H,29,32). The summed E-state index contributed by atoms with van der Waals surface area (Å²) in [6, 6.07) is 7.14. The summed E-state index contributed by atoms with van der Waals surface area (Å²) >= 11 is 0. The zero-order valence-electron chi connectivity index (χ0n) is 19.1. The molecule has 0 aliphatic heterocycles. The lowest BCUT2D eigenvalue weighted by molar-refractivity contribution is -0.137. The van der Waals surface area contributed by atoms with E-state index in [2.05, 4.69) is 21.2 Å². The van der Waals surface area contributed by atoms with E-state index in [9.17, 15) is 27.6 Å². The van der Waals surface area contributed by atoms with E-state index < -0.39 is 35.2 Å². The SMILES string of the molecule is CN(CCC(=O)NNC(=O)c1cccnc1Nc1ccc(C(F)(F)F)cc1)C(=O)OC(C)(C)C. The molecule has 0 aliphatic carbocycles. The number of carbonyl (C=O) groups excluding carboxylic acids is 3. The molecule has 1 aromatic heterocycles. The molecule has 0 radical (unpaired) electrons. The van der Waals surface area contributed by atoms with Crippen LogP contribution >= 0.6 is 0 Å². The predicted octanol–water partition coefficient (Wildman–Crippen LogP) is 3.86. The van der Waals surface area contributed by atoms with E-state index in [4.69, 9.17) is 4.74 Å². The monoisotopic (exact) mass is 481 g/mol. The molecule has 0 spiro atoms. The Bertz CT molecular complexity index is 1020. The number of anilines is 2. The first-order valence-corrected chi connectivity index (χ1v) is 10.2. The van der Waals surface area contributed by atoms with Crippen molar-refractivity contribution in [2.24, 2.45) is 0 Å². The first-order chi connectivity index (χ1) is 15.8. The largest absolute Gasteiger partial charge is 0.444 e. The fourth-order valence-corrected chi connectivity index (χ4v) is 2.52. The average Bonchev–Trinajstić information content (AvgIpc) is 2.74. The summed E-state index contributed by atoms with van der Waals surface area (Å²) < 4.78 is 43.4. The lowest BCUT2D eigenvalue weighted by Crippen LogP contribution is -2.43. The van der Waals surface area contributed by atoms with Crippen LogP contribution < -0.4 is 16.2 Å². The van der Waals surface area contributed by atoms with Crippen LogP contribution in [0.5, 0.6) is 0 Å². The maximum Gasteiger partial charge on any atom is 0.416 e. The van der Waals surface area contributed by atoms with Crippen LogP contribution in [0.25, 0.3) is 0 Å². The van der Waals surface area contributed by atoms with E-state index in [1.54, 1.807) is 20.8 Å². The number of hydrazine groups is 1. The summed E-state index contributed by atoms with van der Waals surface area (Å²) in [5, 5.41) is 2.78. The van der Waals surface area contributed by atoms with Crippen molar-refractivity contribution in [3.63, 3.8) is 0 Å². The number of alkyl halides is 3. The molecule has 2 rings (SSSR count). The average molecular weight is 481 g/mol. The van der Waals surface area contributed by atoms with Gasteiger partial charge in [-0.25, -0.2) is 9.78 Å². The Morgan fingerprint density at radius 2 is 1.68 bits per heavy atom. The highest BCUT2D eigenvalue weighted by Gasteiger charge is 2.30. The minimum atomic E-state index is -4.46. The number of rotatable bonds is 6. The van der Waals surface area contributed by atoms with E-state index in [1.807, 2.05) is 0 Å². The molecule has 3 amide bonds. The number of hydrogen-bond acceptors (Lipinski definition) is 6. The van der Waals surface area contributed by atoms with Gasteiger partial charge in [0, 0.05) is 31.9 Å². The predicted molar refractivity (Wildman–Crippen MR) is 118 cm³/mol. The number of carbonyl (C=O) groups is 3. The van der Waals surface area contributed by atoms with E-state index in [0.29, 0.717) is 0 Å². The van der Waals surface area contributed by atoms with E-state index >= 15 is 0 Å². The minimum Gasteiger partial charge on any atom is -0.444 e. The van der Waals surface area contributed by atoms with E-state index in [1.165, 1.54) is 42.4 Å². The molecule has 0 atom stereocenters. The molecule has 184 valence electrons. The van der Waals surface area contributed by atoms with Gasteiger partial charge in [0.2, 0.25) is 5.91 Å². The van der Waals surface area contributed by atoms with Gasteiger partial charge in [0.1, 0.15) is 11.4 Å². The zero-order chi connectivity index (χ0) is 25.5. The molecular weight excluding hydrogens is 455 g/mol. The minimum absolute atomic E-state index is 0.0496. The number of aromatic nitrogens is 1. The molecule has 0 fully saturated rings. The first-order valence-electron chi connectivity index (χ1n) is 10.2. The number of ether oxygens (including phenoxy) is 1. The number of nitrogens with one attached hydrogen (secondary N) is 3. The summed E-state index contributed by atoms with van der Waals surface area (Å²) in [5.41, 5.74) is 3.34. The molecule has 0 bridgehead atoms. The number of amides is 3. The van der Waals surface area contributed by atoms with Gasteiger partial charge in [0.05, 0.1) is 11.1 Å². The highest BCUT2D eigenvalue weighted by molar-refractivity contribution is 6.00. The highest BCUT2D eigenvalue weighted by Crippen LogP contribution is 2.30. The molecule has 12 heteroatoms. The summed E-state index contributed by atoms with van der Waals surface area (Å²) in [6.07, 6.45) is -3.75. The zero-order valence-corrected chi connectivity index (χ0v) is 19.1. The van der Waals surface area contributed by atoms with Crippen LogP contribution in [-0.4, -0.2) is 47.0 Å². The van der Waals surface area contributed by atoms with Gasteiger partial charge < -0.3 is 15.0 Å². The van der Waals surface area contributed by atoms with Crippen molar-refractivity contribution < 1.29 is 32.3 Å². The number of halogens is 3. The molecule has 9 nitrogen and oxygen atoms in total. The topological polar surface area (TPSA) is 113 Å². The van der Waals surface area contributed by atoms with Crippen molar-refractivity contribution in [3.05, 3.63) is 53.7 Å². The van der Waals surface area contributed by atoms with Crippen LogP contribution in [0.4, 0.5) is 29.5 Å². The van der Waals surface area contributed by atoms with Gasteiger partial charge in [-0.1, -0.05) is 0 Å². The maximum atomic E-state index is 12.7. The molecule has 2 aromatic rings. The Morgan fingerprint density at radius 1 is 1.03 bits per heavy atom. The van der Waals surface area contributed by atoms with Crippen LogP contribution in [-0.2, 0) is 15.7 Å². The van der Waals surface area contributed by atoms with Crippen molar-refractivity contribution in [2.75, 3.05) is 18.9 Å². The Balaban J connectivity index is 1.92. The molecule has 0 unspecified atom stereocenters. The van der Waals surface area contributed by atoms with Crippen molar-refractivity contribution in [3.8, 4) is 0 Å². The smallest absolute Gasteiger partial charge is 0.416 e. The van der Waals surface area contributed by atoms with Crippen LogP contribution in [0.15, 0.2) is 42.6 Å². The van der Waals surface area contributed by atoms with Crippen LogP contribution in [0, 0.1) is 0 Å². The Morgan fingerprint density at radius 3 is 2.26 bits per heavy atom. The van der Waals surface area contributed by atoms with Crippen LogP contribution in [0.2, 0.25) is 0 Å². The lowest BCUT2D eigenvalue weighted by atomic mass is 10.2. The second kappa shape index (κ2) is 10.9. The second-order valence-electron chi connectivity index (χ2n) is 8.25. The Hall–Kier alpha value is -3.83. The van der Waals surface area contributed by atoms with Crippen molar-refractivity contribution in [2.45, 2.75) is 39.0 Å². The first kappa shape index (κ1) is 26.4. The Kier molecular flexibility index (Phi) is 8.44. The van der Waals surface area contributed by atoms with Gasteiger partial charge in [-0.05, 0) is 57.2 Å². The van der Waals surface area contributed by atoms with E-state index in [-0.39, 0.29) is 30.0 Å². The molecule has 1 aromatic carbocycles. The molecule has 3 N–H and O–H groups in total. The highest BCUT2D eigenvalue weighted by atomic mass is 19.4. The molecule has 34 heavy (non-hydrogen) atoms. The maximum absolute atomic E-state index is 12.7. The van der Waals surface area contributed by atoms with Crippen molar-refractivity contribution >= 4 is 29.4 Å². The molecule has 1 heterocycles. The van der Waals surface area contributed by atoms with Gasteiger partial charge in [-0.15, -0.1) is 0 Å². The number of pyridine rings is 1. The third kappa shape index (κ3) is 8.26. The molecule has 0 aliphatic rings. The lowest BCUT2D eigenvalue weighted by Gasteiger charge is -2.24. The number of nitrogens with zero attached hydrogens (tertiary/aromatic N) is 2. The third-order valence-electron chi connectivity index (χ3n) is 4.22. The van der Waals surface area contributed by atoms with Crippen molar-refractivity contribution in [1.29, 1.82) is 0 Å². The summed E-state index contributed by atoms with van der Waals surface area (Å²) in [5.74, 6) is -1.17. The van der Waals surface area contributed by atoms with Gasteiger partial charge in [0.25, 0.3) is 5.91 Å².